The predicted molar refractivity (Wildman–Crippen MR) is 95.2 cm³/mol. The van der Waals surface area contributed by atoms with Gasteiger partial charge in [0.2, 0.25) is 0 Å². The molecule has 0 bridgehead atoms. The first-order valence-corrected chi connectivity index (χ1v) is 8.32. The maximum absolute atomic E-state index is 12.4. The Labute approximate surface area is 145 Å². The fourth-order valence-corrected chi connectivity index (χ4v) is 2.97. The third-order valence-electron chi connectivity index (χ3n) is 4.20. The van der Waals surface area contributed by atoms with E-state index in [1.165, 1.54) is 0 Å². The van der Waals surface area contributed by atoms with Crippen molar-refractivity contribution in [3.8, 4) is 11.5 Å². The second-order valence-corrected chi connectivity index (χ2v) is 5.86. The number of aromatic nitrogens is 1. The predicted octanol–water partition coefficient (Wildman–Crippen LogP) is 2.98. The summed E-state index contributed by atoms with van der Waals surface area (Å²) < 4.78 is 11.0. The molecule has 0 spiro atoms. The number of para-hydroxylation sites is 1. The van der Waals surface area contributed by atoms with E-state index >= 15 is 0 Å². The Morgan fingerprint density at radius 1 is 1.04 bits per heavy atom. The number of benzene rings is 2. The molecule has 0 aliphatic carbocycles. The molecule has 5 heteroatoms. The number of ether oxygens (including phenoxy) is 2. The van der Waals surface area contributed by atoms with Crippen LogP contribution < -0.4 is 14.8 Å². The number of rotatable bonds is 4. The zero-order valence-electron chi connectivity index (χ0n) is 13.7. The summed E-state index contributed by atoms with van der Waals surface area (Å²) in [5.74, 6) is 1.19. The van der Waals surface area contributed by atoms with Crippen LogP contribution in [0.25, 0.3) is 10.9 Å². The highest BCUT2D eigenvalue weighted by molar-refractivity contribution is 5.95. The summed E-state index contributed by atoms with van der Waals surface area (Å²) in [6.45, 7) is 1.59. The summed E-state index contributed by atoms with van der Waals surface area (Å²) >= 11 is 0. The van der Waals surface area contributed by atoms with Crippen LogP contribution in [0, 0.1) is 0 Å². The van der Waals surface area contributed by atoms with Gasteiger partial charge in [-0.25, -0.2) is 0 Å². The minimum Gasteiger partial charge on any atom is -0.486 e. The van der Waals surface area contributed by atoms with E-state index in [1.807, 2.05) is 30.3 Å². The molecular weight excluding hydrogens is 316 g/mol. The van der Waals surface area contributed by atoms with Gasteiger partial charge in [-0.1, -0.05) is 24.3 Å². The van der Waals surface area contributed by atoms with Gasteiger partial charge in [-0.05, 0) is 36.2 Å². The Bertz CT molecular complexity index is 918. The van der Waals surface area contributed by atoms with Gasteiger partial charge >= 0.3 is 0 Å². The summed E-state index contributed by atoms with van der Waals surface area (Å²) in [6.07, 6.45) is 2.52. The summed E-state index contributed by atoms with van der Waals surface area (Å²) in [5, 5.41) is 4.07. The SMILES string of the molecule is O=C(NCCc1cccc2cccnc12)c1ccc2c(c1)OCCO2. The van der Waals surface area contributed by atoms with E-state index in [1.54, 1.807) is 24.4 Å². The minimum absolute atomic E-state index is 0.120. The highest BCUT2D eigenvalue weighted by atomic mass is 16.6. The molecule has 3 aromatic rings. The third kappa shape index (κ3) is 3.26. The van der Waals surface area contributed by atoms with E-state index in [9.17, 15) is 4.79 Å². The van der Waals surface area contributed by atoms with Gasteiger partial charge in [-0.3, -0.25) is 9.78 Å². The van der Waals surface area contributed by atoms with Gasteiger partial charge < -0.3 is 14.8 Å². The van der Waals surface area contributed by atoms with Crippen molar-refractivity contribution in [2.75, 3.05) is 19.8 Å². The zero-order valence-corrected chi connectivity index (χ0v) is 13.7. The van der Waals surface area contributed by atoms with Crippen molar-refractivity contribution in [2.45, 2.75) is 6.42 Å². The lowest BCUT2D eigenvalue weighted by Gasteiger charge is -2.18. The van der Waals surface area contributed by atoms with Crippen LogP contribution in [0.1, 0.15) is 15.9 Å². The van der Waals surface area contributed by atoms with Gasteiger partial charge in [0.05, 0.1) is 5.52 Å². The van der Waals surface area contributed by atoms with Crippen LogP contribution in [0.2, 0.25) is 0 Å². The van der Waals surface area contributed by atoms with Gasteiger partial charge in [-0.15, -0.1) is 0 Å². The van der Waals surface area contributed by atoms with Gasteiger partial charge in [0, 0.05) is 23.7 Å². The summed E-state index contributed by atoms with van der Waals surface area (Å²) in [5.41, 5.74) is 2.68. The molecule has 4 rings (SSSR count). The van der Waals surface area contributed by atoms with Crippen molar-refractivity contribution in [1.29, 1.82) is 0 Å². The zero-order chi connectivity index (χ0) is 17.1. The van der Waals surface area contributed by atoms with E-state index in [2.05, 4.69) is 10.3 Å². The molecule has 5 nitrogen and oxygen atoms in total. The van der Waals surface area contributed by atoms with E-state index in [4.69, 9.17) is 9.47 Å². The lowest BCUT2D eigenvalue weighted by atomic mass is 10.1. The van der Waals surface area contributed by atoms with Crippen molar-refractivity contribution in [3.05, 3.63) is 65.9 Å². The number of amides is 1. The monoisotopic (exact) mass is 334 g/mol. The topological polar surface area (TPSA) is 60.5 Å². The van der Waals surface area contributed by atoms with Gasteiger partial charge in [0.15, 0.2) is 11.5 Å². The Morgan fingerprint density at radius 2 is 1.88 bits per heavy atom. The second kappa shape index (κ2) is 6.81. The summed E-state index contributed by atoms with van der Waals surface area (Å²) in [4.78, 5) is 16.8. The van der Waals surface area contributed by atoms with E-state index < -0.39 is 0 Å². The van der Waals surface area contributed by atoms with Crippen molar-refractivity contribution in [3.63, 3.8) is 0 Å². The number of nitrogens with one attached hydrogen (secondary N) is 1. The van der Waals surface area contributed by atoms with Crippen LogP contribution in [0.3, 0.4) is 0 Å². The quantitative estimate of drug-likeness (QED) is 0.797. The standard InChI is InChI=1S/C20H18N2O3/c23-20(16-6-7-17-18(13-16)25-12-11-24-17)22-10-8-15-4-1-3-14-5-2-9-21-19(14)15/h1-7,9,13H,8,10-12H2,(H,22,23). The van der Waals surface area contributed by atoms with Crippen LogP contribution in [-0.4, -0.2) is 30.6 Å². The summed E-state index contributed by atoms with van der Waals surface area (Å²) in [6, 6.07) is 15.3. The maximum Gasteiger partial charge on any atom is 0.251 e. The molecule has 1 aliphatic heterocycles. The molecule has 2 aromatic carbocycles. The maximum atomic E-state index is 12.4. The van der Waals surface area contributed by atoms with Gasteiger partial charge in [0.1, 0.15) is 13.2 Å². The number of carbonyl (C=O) groups is 1. The molecule has 1 N–H and O–H groups in total. The molecule has 0 unspecified atom stereocenters. The first kappa shape index (κ1) is 15.4. The smallest absolute Gasteiger partial charge is 0.251 e. The molecule has 25 heavy (non-hydrogen) atoms. The van der Waals surface area contributed by atoms with Gasteiger partial charge in [0.25, 0.3) is 5.91 Å². The summed E-state index contributed by atoms with van der Waals surface area (Å²) in [7, 11) is 0. The molecule has 126 valence electrons. The van der Waals surface area contributed by atoms with Crippen molar-refractivity contribution < 1.29 is 14.3 Å². The molecule has 1 amide bonds. The molecule has 1 aromatic heterocycles. The molecule has 0 radical (unpaired) electrons. The number of pyridine rings is 1. The average Bonchev–Trinajstić information content (AvgIpc) is 2.67. The van der Waals surface area contributed by atoms with Crippen molar-refractivity contribution in [2.24, 2.45) is 0 Å². The molecular formula is C20H18N2O3. The molecule has 0 atom stereocenters. The Balaban J connectivity index is 1.42. The molecule has 0 saturated carbocycles. The highest BCUT2D eigenvalue weighted by Crippen LogP contribution is 2.30. The third-order valence-corrected chi connectivity index (χ3v) is 4.20. The molecule has 0 fully saturated rings. The highest BCUT2D eigenvalue weighted by Gasteiger charge is 2.14. The largest absolute Gasteiger partial charge is 0.486 e. The fraction of sp³-hybridized carbons (Fsp3) is 0.200. The van der Waals surface area contributed by atoms with Crippen LogP contribution in [-0.2, 0) is 6.42 Å². The number of hydrogen-bond donors (Lipinski definition) is 1. The number of hydrogen-bond acceptors (Lipinski definition) is 4. The van der Waals surface area contributed by atoms with E-state index in [0.717, 1.165) is 22.9 Å². The van der Waals surface area contributed by atoms with Crippen molar-refractivity contribution in [1.82, 2.24) is 10.3 Å². The fourth-order valence-electron chi connectivity index (χ4n) is 2.97. The second-order valence-electron chi connectivity index (χ2n) is 5.86. The van der Waals surface area contributed by atoms with Crippen LogP contribution >= 0.6 is 0 Å². The van der Waals surface area contributed by atoms with Crippen LogP contribution in [0.4, 0.5) is 0 Å². The lowest BCUT2D eigenvalue weighted by Crippen LogP contribution is -2.26. The van der Waals surface area contributed by atoms with E-state index in [-0.39, 0.29) is 5.91 Å². The van der Waals surface area contributed by atoms with Crippen LogP contribution in [0.15, 0.2) is 54.7 Å². The Hall–Kier alpha value is -3.08. The van der Waals surface area contributed by atoms with Gasteiger partial charge in [-0.2, -0.15) is 0 Å². The normalized spacial score (nSPS) is 12.8. The van der Waals surface area contributed by atoms with Crippen LogP contribution in [0.5, 0.6) is 11.5 Å². The minimum atomic E-state index is -0.120. The molecule has 0 saturated heterocycles. The first-order valence-electron chi connectivity index (χ1n) is 8.32. The first-order chi connectivity index (χ1) is 12.3. The van der Waals surface area contributed by atoms with Crippen molar-refractivity contribution >= 4 is 16.8 Å². The number of fused-ring (bicyclic) bond motifs is 2. The number of carbonyl (C=O) groups excluding carboxylic acids is 1. The average molecular weight is 334 g/mol. The lowest BCUT2D eigenvalue weighted by molar-refractivity contribution is 0.0953. The Kier molecular flexibility index (Phi) is 4.21. The molecule has 1 aliphatic rings. The Morgan fingerprint density at radius 3 is 2.80 bits per heavy atom. The van der Waals surface area contributed by atoms with E-state index in [0.29, 0.717) is 36.8 Å². The molecule has 2 heterocycles. The number of nitrogens with zero attached hydrogens (tertiary/aromatic N) is 1.